The zero-order chi connectivity index (χ0) is 23.9. The SMILES string of the molecule is Cc1ccnc(Oc2[c-]c(-c3[c-]c4c(cc3)c3ccccc3n4-c3nnc(C)c(C)n3)ccc2)c1.[Pt+2]. The van der Waals surface area contributed by atoms with E-state index in [1.165, 1.54) is 0 Å². The smallest absolute Gasteiger partial charge is 0.460 e. The molecular formula is C29H21N5OPt. The minimum Gasteiger partial charge on any atom is -0.460 e. The largest absolute Gasteiger partial charge is 2.00 e. The van der Waals surface area contributed by atoms with Gasteiger partial charge in [0.1, 0.15) is 0 Å². The van der Waals surface area contributed by atoms with Gasteiger partial charge in [-0.05, 0) is 49.4 Å². The molecule has 0 fully saturated rings. The Morgan fingerprint density at radius 2 is 1.61 bits per heavy atom. The van der Waals surface area contributed by atoms with Crippen molar-refractivity contribution in [3.05, 3.63) is 102 Å². The van der Waals surface area contributed by atoms with E-state index in [1.807, 2.05) is 67.8 Å². The fraction of sp³-hybridized carbons (Fsp3) is 0.103. The van der Waals surface area contributed by atoms with Crippen molar-refractivity contribution in [1.82, 2.24) is 24.7 Å². The second kappa shape index (κ2) is 9.63. The second-order valence-corrected chi connectivity index (χ2v) is 8.47. The number of nitrogens with zero attached hydrogens (tertiary/aromatic N) is 5. The number of aryl methyl sites for hydroxylation is 3. The summed E-state index contributed by atoms with van der Waals surface area (Å²) in [6, 6.07) is 29.0. The van der Waals surface area contributed by atoms with E-state index in [4.69, 9.17) is 9.72 Å². The summed E-state index contributed by atoms with van der Waals surface area (Å²) < 4.78 is 7.98. The average Bonchev–Trinajstić information content (AvgIpc) is 3.20. The van der Waals surface area contributed by atoms with Crippen molar-refractivity contribution < 1.29 is 25.8 Å². The summed E-state index contributed by atoms with van der Waals surface area (Å²) in [7, 11) is 0. The molecule has 0 aliphatic carbocycles. The van der Waals surface area contributed by atoms with Crippen molar-refractivity contribution in [3.63, 3.8) is 0 Å². The van der Waals surface area contributed by atoms with E-state index in [-0.39, 0.29) is 21.1 Å². The third-order valence-electron chi connectivity index (χ3n) is 6.03. The quantitative estimate of drug-likeness (QED) is 0.208. The number of fused-ring (bicyclic) bond motifs is 3. The Balaban J connectivity index is 0.00000267. The van der Waals surface area contributed by atoms with Crippen molar-refractivity contribution in [2.75, 3.05) is 0 Å². The van der Waals surface area contributed by atoms with Gasteiger partial charge in [-0.15, -0.1) is 23.3 Å². The van der Waals surface area contributed by atoms with Crippen LogP contribution in [-0.2, 0) is 21.1 Å². The molecule has 0 unspecified atom stereocenters. The van der Waals surface area contributed by atoms with Gasteiger partial charge in [0.25, 0.3) is 5.95 Å². The molecule has 0 amide bonds. The minimum absolute atomic E-state index is 0. The third kappa shape index (κ3) is 4.29. The van der Waals surface area contributed by atoms with E-state index >= 15 is 0 Å². The summed E-state index contributed by atoms with van der Waals surface area (Å²) in [6.45, 7) is 5.86. The first-order valence-electron chi connectivity index (χ1n) is 11.3. The van der Waals surface area contributed by atoms with Crippen LogP contribution in [0.15, 0.2) is 72.9 Å². The Kier molecular flexibility index (Phi) is 6.38. The number of aromatic nitrogens is 5. The molecule has 178 valence electrons. The normalized spacial score (nSPS) is 11.0. The Labute approximate surface area is 223 Å². The summed E-state index contributed by atoms with van der Waals surface area (Å²) in [4.78, 5) is 9.01. The molecule has 0 saturated heterocycles. The van der Waals surface area contributed by atoms with Crippen molar-refractivity contribution in [3.8, 4) is 28.7 Å². The molecule has 3 aromatic heterocycles. The van der Waals surface area contributed by atoms with Crippen LogP contribution in [0.4, 0.5) is 0 Å². The molecule has 36 heavy (non-hydrogen) atoms. The standard InChI is InChI=1S/C29H21N5O.Pt/c1-18-13-14-30-28(15-18)35-23-8-6-7-21(16-23)22-11-12-25-24-9-4-5-10-26(24)34(27(25)17-22)29-31-19(2)20(3)32-33-29;/h4-15H,1-3H3;/q-2;+2. The Hall–Kier alpha value is -3.89. The van der Waals surface area contributed by atoms with Gasteiger partial charge in [-0.1, -0.05) is 23.6 Å². The molecule has 6 nitrogen and oxygen atoms in total. The third-order valence-corrected chi connectivity index (χ3v) is 6.03. The van der Waals surface area contributed by atoms with Crippen LogP contribution in [0.1, 0.15) is 17.0 Å². The number of rotatable bonds is 4. The minimum atomic E-state index is 0. The van der Waals surface area contributed by atoms with E-state index in [1.54, 1.807) is 6.20 Å². The summed E-state index contributed by atoms with van der Waals surface area (Å²) in [5.74, 6) is 1.66. The van der Waals surface area contributed by atoms with Crippen molar-refractivity contribution in [2.45, 2.75) is 20.8 Å². The van der Waals surface area contributed by atoms with E-state index in [0.29, 0.717) is 17.6 Å². The maximum absolute atomic E-state index is 5.96. The van der Waals surface area contributed by atoms with Crippen LogP contribution in [0.25, 0.3) is 38.9 Å². The Bertz CT molecular complexity index is 1730. The Morgan fingerprint density at radius 3 is 2.44 bits per heavy atom. The molecule has 0 aliphatic heterocycles. The van der Waals surface area contributed by atoms with Crippen LogP contribution in [-0.4, -0.2) is 24.7 Å². The summed E-state index contributed by atoms with van der Waals surface area (Å²) >= 11 is 0. The van der Waals surface area contributed by atoms with Crippen LogP contribution in [0.2, 0.25) is 0 Å². The van der Waals surface area contributed by atoms with Crippen molar-refractivity contribution >= 4 is 21.8 Å². The molecule has 0 aliphatic rings. The zero-order valence-electron chi connectivity index (χ0n) is 19.9. The molecule has 6 rings (SSSR count). The van der Waals surface area contributed by atoms with Gasteiger partial charge in [-0.2, -0.15) is 29.4 Å². The molecule has 3 aromatic carbocycles. The van der Waals surface area contributed by atoms with Gasteiger partial charge in [0, 0.05) is 23.5 Å². The van der Waals surface area contributed by atoms with Gasteiger partial charge in [-0.3, -0.25) is 4.57 Å². The summed E-state index contributed by atoms with van der Waals surface area (Å²) in [5.41, 5.74) is 6.39. The van der Waals surface area contributed by atoms with Gasteiger partial charge in [0.2, 0.25) is 5.88 Å². The van der Waals surface area contributed by atoms with Crippen molar-refractivity contribution in [2.24, 2.45) is 0 Å². The fourth-order valence-electron chi connectivity index (χ4n) is 4.14. The molecule has 0 spiro atoms. The first-order valence-corrected chi connectivity index (χ1v) is 11.3. The van der Waals surface area contributed by atoms with E-state index in [2.05, 4.69) is 51.6 Å². The number of benzene rings is 3. The monoisotopic (exact) mass is 650 g/mol. The molecule has 0 saturated carbocycles. The molecule has 0 bridgehead atoms. The molecular weight excluding hydrogens is 629 g/mol. The van der Waals surface area contributed by atoms with Crippen LogP contribution < -0.4 is 4.74 Å². The van der Waals surface area contributed by atoms with Crippen LogP contribution in [0, 0.1) is 32.9 Å². The average molecular weight is 651 g/mol. The summed E-state index contributed by atoms with van der Waals surface area (Å²) in [6.07, 6.45) is 1.73. The van der Waals surface area contributed by atoms with Gasteiger partial charge < -0.3 is 4.74 Å². The first kappa shape index (κ1) is 23.8. The molecule has 6 aromatic rings. The van der Waals surface area contributed by atoms with E-state index < -0.39 is 0 Å². The van der Waals surface area contributed by atoms with Crippen LogP contribution >= 0.6 is 0 Å². The molecule has 0 atom stereocenters. The van der Waals surface area contributed by atoms with Gasteiger partial charge in [0.15, 0.2) is 0 Å². The number of pyridine rings is 1. The molecule has 0 radical (unpaired) electrons. The molecule has 0 N–H and O–H groups in total. The number of ether oxygens (including phenoxy) is 1. The van der Waals surface area contributed by atoms with Gasteiger partial charge >= 0.3 is 21.1 Å². The second-order valence-electron chi connectivity index (χ2n) is 8.47. The van der Waals surface area contributed by atoms with Crippen LogP contribution in [0.5, 0.6) is 11.6 Å². The molecule has 3 heterocycles. The zero-order valence-corrected chi connectivity index (χ0v) is 22.2. The maximum atomic E-state index is 5.96. The van der Waals surface area contributed by atoms with Crippen LogP contribution in [0.3, 0.4) is 0 Å². The first-order chi connectivity index (χ1) is 17.1. The number of hydrogen-bond acceptors (Lipinski definition) is 5. The van der Waals surface area contributed by atoms with E-state index in [0.717, 1.165) is 49.9 Å². The van der Waals surface area contributed by atoms with Gasteiger partial charge in [0.05, 0.1) is 11.4 Å². The predicted octanol–water partition coefficient (Wildman–Crippen LogP) is 6.35. The number of para-hydroxylation sites is 1. The fourth-order valence-corrected chi connectivity index (χ4v) is 4.14. The van der Waals surface area contributed by atoms with Gasteiger partial charge in [-0.25, -0.2) is 21.1 Å². The van der Waals surface area contributed by atoms with E-state index in [9.17, 15) is 0 Å². The summed E-state index contributed by atoms with van der Waals surface area (Å²) in [5, 5.41) is 10.9. The number of hydrogen-bond donors (Lipinski definition) is 0. The molecule has 7 heteroatoms. The Morgan fingerprint density at radius 1 is 0.778 bits per heavy atom. The maximum Gasteiger partial charge on any atom is 2.00 e. The van der Waals surface area contributed by atoms with Crippen molar-refractivity contribution in [1.29, 1.82) is 0 Å². The predicted molar refractivity (Wildman–Crippen MR) is 136 cm³/mol. The topological polar surface area (TPSA) is 65.7 Å².